The van der Waals surface area contributed by atoms with Crippen molar-refractivity contribution in [3.8, 4) is 22.4 Å². The van der Waals surface area contributed by atoms with Crippen molar-refractivity contribution in [3.63, 3.8) is 0 Å². The lowest BCUT2D eigenvalue weighted by molar-refractivity contribution is 0.635. The molecule has 0 amide bonds. The second kappa shape index (κ2) is 6.74. The van der Waals surface area contributed by atoms with E-state index in [9.17, 15) is 0 Å². The molecule has 0 radical (unpaired) electrons. The lowest BCUT2D eigenvalue weighted by Crippen LogP contribution is -2.16. The second-order valence-corrected chi connectivity index (χ2v) is 9.68. The first-order valence-corrected chi connectivity index (χ1v) is 11.4. The van der Waals surface area contributed by atoms with E-state index >= 15 is 0 Å². The molecule has 1 aliphatic carbocycles. The van der Waals surface area contributed by atoms with E-state index in [1.165, 1.54) is 49.4 Å². The Bertz CT molecular complexity index is 1530. The summed E-state index contributed by atoms with van der Waals surface area (Å²) in [4.78, 5) is 9.74. The predicted octanol–water partition coefficient (Wildman–Crippen LogP) is 7.88. The van der Waals surface area contributed by atoms with Crippen molar-refractivity contribution >= 4 is 21.5 Å². The van der Waals surface area contributed by atoms with Gasteiger partial charge in [-0.15, -0.1) is 0 Å². The van der Waals surface area contributed by atoms with Crippen LogP contribution in [0.25, 0.3) is 43.9 Å². The Balaban J connectivity index is 1.74. The van der Waals surface area contributed by atoms with Gasteiger partial charge < -0.3 is 0 Å². The number of hydrogen-bond acceptors (Lipinski definition) is 2. The molecule has 0 N–H and O–H groups in total. The van der Waals surface area contributed by atoms with Gasteiger partial charge in [0.25, 0.3) is 0 Å². The second-order valence-electron chi connectivity index (χ2n) is 9.68. The maximum Gasteiger partial charge on any atom is 0.116 e. The van der Waals surface area contributed by atoms with Crippen LogP contribution >= 0.6 is 0 Å². The Hall–Kier alpha value is -3.52. The summed E-state index contributed by atoms with van der Waals surface area (Å²) in [5, 5.41) is 5.09. The highest BCUT2D eigenvalue weighted by Gasteiger charge is 2.40. The third-order valence-corrected chi connectivity index (χ3v) is 7.13. The summed E-state index contributed by atoms with van der Waals surface area (Å²) < 4.78 is 0. The van der Waals surface area contributed by atoms with E-state index in [1.807, 2.05) is 0 Å². The maximum atomic E-state index is 4.91. The Morgan fingerprint density at radius 1 is 0.688 bits per heavy atom. The van der Waals surface area contributed by atoms with E-state index in [0.717, 1.165) is 11.4 Å². The molecule has 5 aromatic rings. The van der Waals surface area contributed by atoms with Gasteiger partial charge in [0, 0.05) is 16.5 Å². The Morgan fingerprint density at radius 3 is 2.19 bits per heavy atom. The zero-order valence-electron chi connectivity index (χ0n) is 19.0. The minimum absolute atomic E-state index is 0.167. The number of aromatic nitrogens is 2. The first kappa shape index (κ1) is 19.2. The van der Waals surface area contributed by atoms with Gasteiger partial charge in [0.15, 0.2) is 0 Å². The van der Waals surface area contributed by atoms with Gasteiger partial charge in [-0.25, -0.2) is 9.97 Å². The van der Waals surface area contributed by atoms with Crippen molar-refractivity contribution in [2.24, 2.45) is 0 Å². The van der Waals surface area contributed by atoms with Crippen LogP contribution in [0.4, 0.5) is 0 Å². The van der Waals surface area contributed by atoms with Crippen LogP contribution in [0.15, 0.2) is 79.1 Å². The summed E-state index contributed by atoms with van der Waals surface area (Å²) in [6.07, 6.45) is 1.75. The summed E-state index contributed by atoms with van der Waals surface area (Å²) in [5.41, 5.74) is 8.34. The Kier molecular flexibility index (Phi) is 4.04. The molecular formula is C30H26N2. The molecule has 2 heteroatoms. The van der Waals surface area contributed by atoms with Crippen LogP contribution in [0.2, 0.25) is 0 Å². The lowest BCUT2D eigenvalue weighted by atomic mass is 9.84. The van der Waals surface area contributed by atoms with Crippen molar-refractivity contribution in [3.05, 3.63) is 95.9 Å². The minimum Gasteiger partial charge on any atom is -0.240 e. The number of benzene rings is 4. The fourth-order valence-electron chi connectivity index (χ4n) is 5.52. The molecule has 156 valence electrons. The van der Waals surface area contributed by atoms with Crippen molar-refractivity contribution in [2.75, 3.05) is 0 Å². The molecule has 0 bridgehead atoms. The standard InChI is InChI=1S/C30H26N2/c1-18(2)20-14-15-24(23-12-8-7-11-22(20)23)28-27-26-21-10-6-5-9-19(21)13-16-25(26)30(3,4)29(27)32-17-31-28/h5-18H,1-4H3. The highest BCUT2D eigenvalue weighted by Crippen LogP contribution is 2.53. The van der Waals surface area contributed by atoms with Crippen LogP contribution in [0.5, 0.6) is 0 Å². The van der Waals surface area contributed by atoms with Gasteiger partial charge in [0.2, 0.25) is 0 Å². The molecule has 6 rings (SSSR count). The summed E-state index contributed by atoms with van der Waals surface area (Å²) in [6, 6.07) is 26.5. The van der Waals surface area contributed by atoms with Gasteiger partial charge in [-0.1, -0.05) is 100 Å². The van der Waals surface area contributed by atoms with Crippen LogP contribution in [0.1, 0.15) is 50.4 Å². The SMILES string of the molecule is CC(C)c1ccc(-c2ncnc3c2-c2c(ccc4ccccc24)C3(C)C)c2ccccc12. The van der Waals surface area contributed by atoms with Crippen LogP contribution < -0.4 is 0 Å². The third kappa shape index (κ3) is 2.53. The monoisotopic (exact) mass is 414 g/mol. The van der Waals surface area contributed by atoms with Gasteiger partial charge in [0.1, 0.15) is 6.33 Å². The first-order valence-electron chi connectivity index (χ1n) is 11.4. The normalized spacial score (nSPS) is 14.2. The molecule has 32 heavy (non-hydrogen) atoms. The Morgan fingerprint density at radius 2 is 1.41 bits per heavy atom. The zero-order valence-corrected chi connectivity index (χ0v) is 19.0. The van der Waals surface area contributed by atoms with Crippen molar-refractivity contribution < 1.29 is 0 Å². The molecule has 1 heterocycles. The fraction of sp³-hybridized carbons (Fsp3) is 0.200. The minimum atomic E-state index is -0.167. The molecule has 4 aromatic carbocycles. The number of rotatable bonds is 2. The predicted molar refractivity (Wildman–Crippen MR) is 134 cm³/mol. The van der Waals surface area contributed by atoms with Gasteiger partial charge in [-0.3, -0.25) is 0 Å². The van der Waals surface area contributed by atoms with E-state index in [-0.39, 0.29) is 5.41 Å². The maximum absolute atomic E-state index is 4.91. The molecule has 0 unspecified atom stereocenters. The van der Waals surface area contributed by atoms with Crippen LogP contribution in [-0.2, 0) is 5.41 Å². The average molecular weight is 415 g/mol. The first-order chi connectivity index (χ1) is 15.5. The zero-order chi connectivity index (χ0) is 22.0. The molecule has 0 saturated carbocycles. The van der Waals surface area contributed by atoms with Crippen LogP contribution in [0.3, 0.4) is 0 Å². The number of hydrogen-bond donors (Lipinski definition) is 0. The van der Waals surface area contributed by atoms with Gasteiger partial charge in [0.05, 0.1) is 11.4 Å². The summed E-state index contributed by atoms with van der Waals surface area (Å²) in [7, 11) is 0. The van der Waals surface area contributed by atoms with E-state index in [1.54, 1.807) is 6.33 Å². The molecule has 0 aliphatic heterocycles. The van der Waals surface area contributed by atoms with Crippen molar-refractivity contribution in [1.82, 2.24) is 9.97 Å². The highest BCUT2D eigenvalue weighted by atomic mass is 14.9. The number of fused-ring (bicyclic) bond motifs is 6. The molecule has 1 aromatic heterocycles. The Labute approximate surface area is 189 Å². The molecule has 1 aliphatic rings. The summed E-state index contributed by atoms with van der Waals surface area (Å²) >= 11 is 0. The van der Waals surface area contributed by atoms with Crippen LogP contribution in [0, 0.1) is 0 Å². The quantitative estimate of drug-likeness (QED) is 0.293. The molecular weight excluding hydrogens is 388 g/mol. The van der Waals surface area contributed by atoms with Crippen molar-refractivity contribution in [1.29, 1.82) is 0 Å². The average Bonchev–Trinajstić information content (AvgIpc) is 3.05. The van der Waals surface area contributed by atoms with E-state index in [4.69, 9.17) is 9.97 Å². The molecule has 0 spiro atoms. The molecule has 0 atom stereocenters. The summed E-state index contributed by atoms with van der Waals surface area (Å²) in [5.74, 6) is 0.466. The smallest absolute Gasteiger partial charge is 0.116 e. The van der Waals surface area contributed by atoms with Gasteiger partial charge >= 0.3 is 0 Å². The third-order valence-electron chi connectivity index (χ3n) is 7.13. The fourth-order valence-corrected chi connectivity index (χ4v) is 5.52. The van der Waals surface area contributed by atoms with E-state index < -0.39 is 0 Å². The van der Waals surface area contributed by atoms with Crippen molar-refractivity contribution in [2.45, 2.75) is 39.0 Å². The molecule has 0 saturated heterocycles. The lowest BCUT2D eigenvalue weighted by Gasteiger charge is -2.20. The van der Waals surface area contributed by atoms with Gasteiger partial charge in [-0.05, 0) is 44.2 Å². The van der Waals surface area contributed by atoms with E-state index in [2.05, 4.69) is 100 Å². The molecule has 0 fully saturated rings. The largest absolute Gasteiger partial charge is 0.240 e. The van der Waals surface area contributed by atoms with E-state index in [0.29, 0.717) is 5.92 Å². The highest BCUT2D eigenvalue weighted by molar-refractivity contribution is 6.08. The molecule has 2 nitrogen and oxygen atoms in total. The van der Waals surface area contributed by atoms with Gasteiger partial charge in [-0.2, -0.15) is 0 Å². The summed E-state index contributed by atoms with van der Waals surface area (Å²) in [6.45, 7) is 9.08. The topological polar surface area (TPSA) is 25.8 Å². The number of nitrogens with zero attached hydrogens (tertiary/aromatic N) is 2. The van der Waals surface area contributed by atoms with Crippen LogP contribution in [-0.4, -0.2) is 9.97 Å².